The summed E-state index contributed by atoms with van der Waals surface area (Å²) in [6, 6.07) is 19.9. The standard InChI is InChI=1S/C26H26N2O7/c29-14-17-10-9-16(13-23(17)28(33)34)25(31)24(30)11-12-27-26(32)35-15-22-20-7-3-1-5-18(20)19-6-2-4-8-21(19)22/h1-10,13,22,24-25,29-31H,11-12,14-15H2,(H,27,32). The molecule has 0 bridgehead atoms. The molecular weight excluding hydrogens is 452 g/mol. The molecule has 2 atom stereocenters. The fraction of sp³-hybridized carbons (Fsp3) is 0.269. The maximum absolute atomic E-state index is 12.3. The van der Waals surface area contributed by atoms with Crippen LogP contribution < -0.4 is 5.32 Å². The Balaban J connectivity index is 1.29. The molecule has 35 heavy (non-hydrogen) atoms. The topological polar surface area (TPSA) is 142 Å². The molecule has 2 unspecified atom stereocenters. The number of carbonyl (C=O) groups excluding carboxylic acids is 1. The number of amides is 1. The van der Waals surface area contributed by atoms with Crippen LogP contribution in [0.5, 0.6) is 0 Å². The highest BCUT2D eigenvalue weighted by Crippen LogP contribution is 2.44. The molecule has 4 N–H and O–H groups in total. The van der Waals surface area contributed by atoms with E-state index in [1.54, 1.807) is 0 Å². The van der Waals surface area contributed by atoms with Crippen molar-refractivity contribution in [3.8, 4) is 11.1 Å². The molecule has 1 aliphatic carbocycles. The summed E-state index contributed by atoms with van der Waals surface area (Å²) in [6.07, 6.45) is -3.31. The second kappa shape index (κ2) is 10.6. The van der Waals surface area contributed by atoms with Crippen molar-refractivity contribution >= 4 is 11.8 Å². The van der Waals surface area contributed by atoms with Gasteiger partial charge in [-0.15, -0.1) is 0 Å². The van der Waals surface area contributed by atoms with E-state index in [1.807, 2.05) is 48.5 Å². The number of nitrogens with zero attached hydrogens (tertiary/aromatic N) is 1. The number of hydrogen-bond acceptors (Lipinski definition) is 7. The first-order valence-corrected chi connectivity index (χ1v) is 11.2. The molecule has 3 aromatic rings. The third kappa shape index (κ3) is 5.17. The van der Waals surface area contributed by atoms with Crippen LogP contribution >= 0.6 is 0 Å². The average Bonchev–Trinajstić information content (AvgIpc) is 3.20. The van der Waals surface area contributed by atoms with Crippen molar-refractivity contribution < 1.29 is 29.8 Å². The first kappa shape index (κ1) is 24.3. The molecule has 3 aromatic carbocycles. The van der Waals surface area contributed by atoms with E-state index < -0.39 is 29.8 Å². The summed E-state index contributed by atoms with van der Waals surface area (Å²) in [5, 5.41) is 43.6. The minimum absolute atomic E-state index is 0.000904. The highest BCUT2D eigenvalue weighted by Gasteiger charge is 2.29. The van der Waals surface area contributed by atoms with E-state index in [0.717, 1.165) is 28.3 Å². The first-order chi connectivity index (χ1) is 16.9. The number of fused-ring (bicyclic) bond motifs is 3. The van der Waals surface area contributed by atoms with Crippen molar-refractivity contribution in [1.29, 1.82) is 0 Å². The lowest BCUT2D eigenvalue weighted by atomic mass is 9.98. The smallest absolute Gasteiger partial charge is 0.407 e. The summed E-state index contributed by atoms with van der Waals surface area (Å²) in [7, 11) is 0. The molecule has 0 saturated heterocycles. The summed E-state index contributed by atoms with van der Waals surface area (Å²) in [4.78, 5) is 22.8. The van der Waals surface area contributed by atoms with Gasteiger partial charge in [0.2, 0.25) is 0 Å². The second-order valence-corrected chi connectivity index (χ2v) is 8.36. The number of aliphatic hydroxyl groups is 3. The largest absolute Gasteiger partial charge is 0.449 e. The van der Waals surface area contributed by atoms with Crippen molar-refractivity contribution in [1.82, 2.24) is 5.32 Å². The minimum Gasteiger partial charge on any atom is -0.449 e. The van der Waals surface area contributed by atoms with Gasteiger partial charge in [-0.25, -0.2) is 4.79 Å². The van der Waals surface area contributed by atoms with Gasteiger partial charge in [0.1, 0.15) is 12.7 Å². The zero-order chi connectivity index (χ0) is 24.9. The number of nitro groups is 1. The molecule has 1 aliphatic rings. The zero-order valence-corrected chi connectivity index (χ0v) is 18.8. The van der Waals surface area contributed by atoms with Crippen molar-refractivity contribution in [2.24, 2.45) is 0 Å². The Kier molecular flexibility index (Phi) is 7.40. The fourth-order valence-electron chi connectivity index (χ4n) is 4.42. The van der Waals surface area contributed by atoms with Gasteiger partial charge in [0.15, 0.2) is 0 Å². The van der Waals surface area contributed by atoms with Crippen molar-refractivity contribution in [2.75, 3.05) is 13.2 Å². The Hall–Kier alpha value is -3.79. The summed E-state index contributed by atoms with van der Waals surface area (Å²) in [6.45, 7) is -0.322. The van der Waals surface area contributed by atoms with Gasteiger partial charge in [0, 0.05) is 18.5 Å². The van der Waals surface area contributed by atoms with Crippen LogP contribution in [0.1, 0.15) is 40.7 Å². The molecule has 0 heterocycles. The van der Waals surface area contributed by atoms with Crippen molar-refractivity contribution in [2.45, 2.75) is 31.2 Å². The van der Waals surface area contributed by atoms with Gasteiger partial charge < -0.3 is 25.4 Å². The summed E-state index contributed by atoms with van der Waals surface area (Å²) < 4.78 is 5.44. The van der Waals surface area contributed by atoms with Crippen LogP contribution in [0.25, 0.3) is 11.1 Å². The Morgan fingerprint density at radius 3 is 2.26 bits per heavy atom. The lowest BCUT2D eigenvalue weighted by Crippen LogP contribution is -2.30. The lowest BCUT2D eigenvalue weighted by molar-refractivity contribution is -0.386. The van der Waals surface area contributed by atoms with Crippen LogP contribution in [-0.2, 0) is 11.3 Å². The van der Waals surface area contributed by atoms with Crippen LogP contribution in [0, 0.1) is 10.1 Å². The molecule has 1 amide bonds. The lowest BCUT2D eigenvalue weighted by Gasteiger charge is -2.19. The summed E-state index contributed by atoms with van der Waals surface area (Å²) >= 11 is 0. The van der Waals surface area contributed by atoms with E-state index in [9.17, 15) is 30.2 Å². The number of nitrogens with one attached hydrogen (secondary N) is 1. The molecule has 0 spiro atoms. The fourth-order valence-corrected chi connectivity index (χ4v) is 4.42. The van der Waals surface area contributed by atoms with Gasteiger partial charge in [-0.05, 0) is 40.3 Å². The third-order valence-corrected chi connectivity index (χ3v) is 6.24. The molecule has 0 radical (unpaired) electrons. The minimum atomic E-state index is -1.40. The maximum atomic E-state index is 12.3. The Morgan fingerprint density at radius 2 is 1.66 bits per heavy atom. The predicted octanol–water partition coefficient (Wildman–Crippen LogP) is 3.41. The van der Waals surface area contributed by atoms with Crippen molar-refractivity contribution in [3.05, 3.63) is 99.1 Å². The van der Waals surface area contributed by atoms with Crippen molar-refractivity contribution in [3.63, 3.8) is 0 Å². The number of alkyl carbamates (subject to hydrolysis) is 1. The maximum Gasteiger partial charge on any atom is 0.407 e. The van der Waals surface area contributed by atoms with Crippen LogP contribution in [0.2, 0.25) is 0 Å². The quantitative estimate of drug-likeness (QED) is 0.273. The molecule has 182 valence electrons. The molecular formula is C26H26N2O7. The van der Waals surface area contributed by atoms with Gasteiger partial charge in [0.25, 0.3) is 5.69 Å². The number of nitro benzene ring substituents is 1. The number of hydrogen-bond donors (Lipinski definition) is 4. The SMILES string of the molecule is O=C(NCCC(O)C(O)c1ccc(CO)c([N+](=O)[O-])c1)OCC1c2ccccc2-c2ccccc21. The predicted molar refractivity (Wildman–Crippen MR) is 128 cm³/mol. The second-order valence-electron chi connectivity index (χ2n) is 8.36. The Bertz CT molecular complexity index is 1180. The molecule has 0 saturated carbocycles. The normalized spacial score (nSPS) is 14.0. The summed E-state index contributed by atoms with van der Waals surface area (Å²) in [5.41, 5.74) is 4.36. The van der Waals surface area contributed by atoms with Crippen LogP contribution in [-0.4, -0.2) is 45.6 Å². The monoisotopic (exact) mass is 478 g/mol. The van der Waals surface area contributed by atoms with Gasteiger partial charge in [0.05, 0.1) is 23.2 Å². The van der Waals surface area contributed by atoms with E-state index in [2.05, 4.69) is 5.32 Å². The molecule has 9 heteroatoms. The van der Waals surface area contributed by atoms with Gasteiger partial charge in [-0.3, -0.25) is 10.1 Å². The molecule has 0 fully saturated rings. The average molecular weight is 479 g/mol. The van der Waals surface area contributed by atoms with E-state index in [-0.39, 0.29) is 42.3 Å². The van der Waals surface area contributed by atoms with Crippen LogP contribution in [0.15, 0.2) is 66.7 Å². The summed E-state index contributed by atoms with van der Waals surface area (Å²) in [5.74, 6) is -0.0711. The van der Waals surface area contributed by atoms with E-state index >= 15 is 0 Å². The van der Waals surface area contributed by atoms with Gasteiger partial charge in [-0.1, -0.05) is 54.6 Å². The Labute approximate surface area is 201 Å². The van der Waals surface area contributed by atoms with Gasteiger partial charge >= 0.3 is 6.09 Å². The third-order valence-electron chi connectivity index (χ3n) is 6.24. The van der Waals surface area contributed by atoms with E-state index in [0.29, 0.717) is 0 Å². The number of ether oxygens (including phenoxy) is 1. The van der Waals surface area contributed by atoms with Crippen LogP contribution in [0.3, 0.4) is 0 Å². The van der Waals surface area contributed by atoms with Gasteiger partial charge in [-0.2, -0.15) is 0 Å². The number of aliphatic hydroxyl groups excluding tert-OH is 3. The number of benzene rings is 3. The number of rotatable bonds is 9. The zero-order valence-electron chi connectivity index (χ0n) is 18.8. The van der Waals surface area contributed by atoms with E-state index in [4.69, 9.17) is 4.74 Å². The Morgan fingerprint density at radius 1 is 1.03 bits per heavy atom. The van der Waals surface area contributed by atoms with E-state index in [1.165, 1.54) is 12.1 Å². The molecule has 0 aromatic heterocycles. The molecule has 9 nitrogen and oxygen atoms in total. The highest BCUT2D eigenvalue weighted by atomic mass is 16.6. The number of carbonyl (C=O) groups is 1. The molecule has 0 aliphatic heterocycles. The highest BCUT2D eigenvalue weighted by molar-refractivity contribution is 5.79. The molecule has 4 rings (SSSR count). The van der Waals surface area contributed by atoms with Crippen LogP contribution in [0.4, 0.5) is 10.5 Å². The first-order valence-electron chi connectivity index (χ1n) is 11.2.